The Bertz CT molecular complexity index is 1070. The van der Waals surface area contributed by atoms with E-state index in [-0.39, 0.29) is 17.7 Å². The summed E-state index contributed by atoms with van der Waals surface area (Å²) in [6, 6.07) is 13.6. The van der Waals surface area contributed by atoms with Crippen LogP contribution in [0.5, 0.6) is 11.5 Å². The van der Waals surface area contributed by atoms with Crippen LogP contribution in [0.3, 0.4) is 0 Å². The van der Waals surface area contributed by atoms with E-state index in [1.54, 1.807) is 0 Å². The van der Waals surface area contributed by atoms with Crippen LogP contribution < -0.4 is 14.8 Å². The number of rotatable bonds is 10. The molecule has 0 aliphatic carbocycles. The average Bonchev–Trinajstić information content (AvgIpc) is 3.16. The number of nitrogens with zero attached hydrogens (tertiary/aromatic N) is 3. The number of hydrogen-bond acceptors (Lipinski definition) is 6. The lowest BCUT2D eigenvalue weighted by Gasteiger charge is -2.15. The number of hydrogen-bond donors (Lipinski definition) is 1. The topological polar surface area (TPSA) is 78.3 Å². The number of carbonyl (C=O) groups is 1. The van der Waals surface area contributed by atoms with Crippen molar-refractivity contribution >= 4 is 23.4 Å². The minimum absolute atomic E-state index is 0.131. The van der Waals surface area contributed by atoms with Crippen molar-refractivity contribution in [1.82, 2.24) is 14.8 Å². The van der Waals surface area contributed by atoms with E-state index in [2.05, 4.69) is 42.4 Å². The number of para-hydroxylation sites is 2. The molecule has 0 radical (unpaired) electrons. The van der Waals surface area contributed by atoms with Gasteiger partial charge in [-0.25, -0.2) is 0 Å². The van der Waals surface area contributed by atoms with Gasteiger partial charge >= 0.3 is 0 Å². The zero-order chi connectivity index (χ0) is 23.1. The molecule has 0 atom stereocenters. The summed E-state index contributed by atoms with van der Waals surface area (Å²) in [6.07, 6.45) is 0. The first-order valence-electron chi connectivity index (χ1n) is 10.7. The summed E-state index contributed by atoms with van der Waals surface area (Å²) in [4.78, 5) is 12.5. The number of nitrogens with one attached hydrogen (secondary N) is 1. The molecule has 7 nitrogen and oxygen atoms in total. The molecular weight excluding hydrogens is 424 g/mol. The zero-order valence-electron chi connectivity index (χ0n) is 19.2. The van der Waals surface area contributed by atoms with Crippen molar-refractivity contribution in [3.05, 3.63) is 59.4 Å². The predicted molar refractivity (Wildman–Crippen MR) is 128 cm³/mol. The van der Waals surface area contributed by atoms with Crippen LogP contribution in [0.1, 0.15) is 43.8 Å². The fraction of sp³-hybridized carbons (Fsp3) is 0.375. The molecule has 1 N–H and O–H groups in total. The van der Waals surface area contributed by atoms with Crippen LogP contribution in [-0.4, -0.2) is 33.0 Å². The van der Waals surface area contributed by atoms with E-state index in [1.165, 1.54) is 17.3 Å². The Morgan fingerprint density at radius 2 is 1.88 bits per heavy atom. The Kier molecular flexibility index (Phi) is 8.16. The summed E-state index contributed by atoms with van der Waals surface area (Å²) in [7, 11) is 0. The fourth-order valence-corrected chi connectivity index (χ4v) is 4.18. The molecule has 1 heterocycles. The SMILES string of the molecule is CCOc1ccccc1NC(=O)CSc1nnc(COc2ccc(C)cc2C)n1C(C)C. The Morgan fingerprint density at radius 3 is 2.59 bits per heavy atom. The monoisotopic (exact) mass is 454 g/mol. The van der Waals surface area contributed by atoms with Gasteiger partial charge in [-0.2, -0.15) is 0 Å². The molecule has 3 aromatic rings. The van der Waals surface area contributed by atoms with Crippen LogP contribution in [0.15, 0.2) is 47.6 Å². The first kappa shape index (κ1) is 23.7. The van der Waals surface area contributed by atoms with Gasteiger partial charge in [-0.15, -0.1) is 10.2 Å². The third kappa shape index (κ3) is 6.03. The molecule has 0 saturated carbocycles. The molecular formula is C24H30N4O3S. The van der Waals surface area contributed by atoms with Gasteiger partial charge in [-0.05, 0) is 58.4 Å². The molecule has 1 aromatic heterocycles. The van der Waals surface area contributed by atoms with Crippen molar-refractivity contribution in [3.8, 4) is 11.5 Å². The van der Waals surface area contributed by atoms with Crippen LogP contribution in [0.25, 0.3) is 0 Å². The third-order valence-corrected chi connectivity index (χ3v) is 5.68. The lowest BCUT2D eigenvalue weighted by atomic mass is 10.1. The average molecular weight is 455 g/mol. The molecule has 1 amide bonds. The van der Waals surface area contributed by atoms with E-state index in [0.29, 0.717) is 29.8 Å². The van der Waals surface area contributed by atoms with Crippen molar-refractivity contribution in [2.45, 2.75) is 52.4 Å². The van der Waals surface area contributed by atoms with Gasteiger partial charge in [0, 0.05) is 6.04 Å². The molecule has 8 heteroatoms. The molecule has 0 fully saturated rings. The number of thioether (sulfide) groups is 1. The number of benzene rings is 2. The van der Waals surface area contributed by atoms with Gasteiger partial charge in [0.15, 0.2) is 11.0 Å². The second-order valence-electron chi connectivity index (χ2n) is 7.69. The highest BCUT2D eigenvalue weighted by atomic mass is 32.2. The van der Waals surface area contributed by atoms with Crippen LogP contribution in [0.4, 0.5) is 5.69 Å². The van der Waals surface area contributed by atoms with Gasteiger partial charge in [0.05, 0.1) is 18.0 Å². The lowest BCUT2D eigenvalue weighted by Crippen LogP contribution is -2.16. The smallest absolute Gasteiger partial charge is 0.234 e. The van der Waals surface area contributed by atoms with E-state index in [1.807, 2.05) is 54.8 Å². The molecule has 0 aliphatic heterocycles. The Balaban J connectivity index is 1.64. The number of aryl methyl sites for hydroxylation is 2. The number of aromatic nitrogens is 3. The maximum Gasteiger partial charge on any atom is 0.234 e. The Labute approximate surface area is 193 Å². The first-order valence-corrected chi connectivity index (χ1v) is 11.7. The molecule has 32 heavy (non-hydrogen) atoms. The molecule has 0 bridgehead atoms. The highest BCUT2D eigenvalue weighted by Gasteiger charge is 2.18. The predicted octanol–water partition coefficient (Wildman–Crippen LogP) is 5.18. The summed E-state index contributed by atoms with van der Waals surface area (Å²) >= 11 is 1.35. The third-order valence-electron chi connectivity index (χ3n) is 4.73. The highest BCUT2D eigenvalue weighted by molar-refractivity contribution is 7.99. The minimum atomic E-state index is -0.131. The number of amides is 1. The molecule has 0 unspecified atom stereocenters. The van der Waals surface area contributed by atoms with Crippen LogP contribution >= 0.6 is 11.8 Å². The molecule has 170 valence electrons. The summed E-state index contributed by atoms with van der Waals surface area (Å²) < 4.78 is 13.6. The van der Waals surface area contributed by atoms with Gasteiger partial charge in [-0.3, -0.25) is 4.79 Å². The summed E-state index contributed by atoms with van der Waals surface area (Å²) in [5.41, 5.74) is 2.94. The van der Waals surface area contributed by atoms with E-state index in [0.717, 1.165) is 17.1 Å². The van der Waals surface area contributed by atoms with E-state index in [9.17, 15) is 4.79 Å². The normalized spacial score (nSPS) is 10.9. The van der Waals surface area contributed by atoms with Gasteiger partial charge in [-0.1, -0.05) is 41.6 Å². The van der Waals surface area contributed by atoms with Crippen LogP contribution in [0.2, 0.25) is 0 Å². The Morgan fingerprint density at radius 1 is 1.09 bits per heavy atom. The molecule has 0 aliphatic rings. The quantitative estimate of drug-likeness (QED) is 0.425. The van der Waals surface area contributed by atoms with Crippen LogP contribution in [-0.2, 0) is 11.4 Å². The molecule has 0 spiro atoms. The first-order chi connectivity index (χ1) is 15.4. The summed E-state index contributed by atoms with van der Waals surface area (Å²) in [6.45, 7) is 11.0. The highest BCUT2D eigenvalue weighted by Crippen LogP contribution is 2.26. The minimum Gasteiger partial charge on any atom is -0.492 e. The zero-order valence-corrected chi connectivity index (χ0v) is 20.0. The lowest BCUT2D eigenvalue weighted by molar-refractivity contribution is -0.113. The van der Waals surface area contributed by atoms with Crippen molar-refractivity contribution in [3.63, 3.8) is 0 Å². The number of ether oxygens (including phenoxy) is 2. The van der Waals surface area contributed by atoms with Crippen molar-refractivity contribution < 1.29 is 14.3 Å². The van der Waals surface area contributed by atoms with Crippen LogP contribution in [0, 0.1) is 13.8 Å². The second kappa shape index (κ2) is 11.0. The van der Waals surface area contributed by atoms with Gasteiger partial charge < -0.3 is 19.4 Å². The summed E-state index contributed by atoms with van der Waals surface area (Å²) in [5.74, 6) is 2.29. The van der Waals surface area contributed by atoms with Crippen molar-refractivity contribution in [1.29, 1.82) is 0 Å². The van der Waals surface area contributed by atoms with E-state index in [4.69, 9.17) is 9.47 Å². The standard InChI is InChI=1S/C24H30N4O3S/c1-6-30-21-10-8-7-9-19(21)25-23(29)15-32-24-27-26-22(28(24)16(2)3)14-31-20-12-11-17(4)13-18(20)5/h7-13,16H,6,14-15H2,1-5H3,(H,25,29). The largest absolute Gasteiger partial charge is 0.492 e. The summed E-state index contributed by atoms with van der Waals surface area (Å²) in [5, 5.41) is 12.2. The maximum atomic E-state index is 12.5. The van der Waals surface area contributed by atoms with Crippen molar-refractivity contribution in [2.75, 3.05) is 17.7 Å². The maximum absolute atomic E-state index is 12.5. The Hall–Kier alpha value is -3.00. The molecule has 0 saturated heterocycles. The van der Waals surface area contributed by atoms with Gasteiger partial charge in [0.25, 0.3) is 0 Å². The molecule has 3 rings (SSSR count). The number of anilines is 1. The number of carbonyl (C=O) groups excluding carboxylic acids is 1. The van der Waals surface area contributed by atoms with Gasteiger partial charge in [0.1, 0.15) is 18.1 Å². The van der Waals surface area contributed by atoms with E-state index < -0.39 is 0 Å². The second-order valence-corrected chi connectivity index (χ2v) is 8.63. The van der Waals surface area contributed by atoms with E-state index >= 15 is 0 Å². The fourth-order valence-electron chi connectivity index (χ4n) is 3.29. The molecule has 2 aromatic carbocycles. The van der Waals surface area contributed by atoms with Gasteiger partial charge in [0.2, 0.25) is 5.91 Å². The van der Waals surface area contributed by atoms with Crippen molar-refractivity contribution in [2.24, 2.45) is 0 Å².